The largest absolute Gasteiger partial charge is 0.493 e. The molecule has 0 radical (unpaired) electrons. The smallest absolute Gasteiger partial charge is 0.332 e. The lowest BCUT2D eigenvalue weighted by molar-refractivity contribution is 0.247. The van der Waals surface area contributed by atoms with Crippen molar-refractivity contribution in [3.8, 4) is 11.5 Å². The van der Waals surface area contributed by atoms with Gasteiger partial charge in [0.05, 0.1) is 19.4 Å². The fourth-order valence-corrected chi connectivity index (χ4v) is 2.12. The number of primary amides is 1. The van der Waals surface area contributed by atoms with Gasteiger partial charge in [-0.3, -0.25) is 0 Å². The average Bonchev–Trinajstić information content (AvgIpc) is 2.62. The molecular formula is C19H23N3O3. The maximum Gasteiger partial charge on any atom is 0.332 e. The van der Waals surface area contributed by atoms with Crippen molar-refractivity contribution in [2.24, 2.45) is 10.8 Å². The van der Waals surface area contributed by atoms with E-state index in [1.807, 2.05) is 36.4 Å². The molecule has 25 heavy (non-hydrogen) atoms. The Bertz CT molecular complexity index is 699. The quantitative estimate of drug-likeness (QED) is 0.417. The molecule has 0 saturated carbocycles. The molecule has 2 amide bonds. The van der Waals surface area contributed by atoms with Gasteiger partial charge < -0.3 is 15.2 Å². The second-order valence-electron chi connectivity index (χ2n) is 5.35. The minimum absolute atomic E-state index is 0.549. The van der Waals surface area contributed by atoms with Crippen molar-refractivity contribution in [2.45, 2.75) is 19.8 Å². The minimum Gasteiger partial charge on any atom is -0.493 e. The highest BCUT2D eigenvalue weighted by molar-refractivity contribution is 5.81. The number of hydrazone groups is 1. The zero-order valence-electron chi connectivity index (χ0n) is 14.3. The topological polar surface area (TPSA) is 85.9 Å². The standard InChI is InChI=1S/C19H23N3O3/c1-2-15-7-9-17(10-8-15)24-11-4-12-25-18-6-3-5-16(13-18)14-21-22-19(20)23/h3,5-10,13-14H,2,4,11-12H2,1H3,(H3,20,22,23)/b21-14+. The van der Waals surface area contributed by atoms with Crippen LogP contribution in [0.1, 0.15) is 24.5 Å². The molecule has 6 nitrogen and oxygen atoms in total. The normalized spacial score (nSPS) is 10.6. The van der Waals surface area contributed by atoms with Crippen LogP contribution in [0.5, 0.6) is 11.5 Å². The van der Waals surface area contributed by atoms with Crippen molar-refractivity contribution in [3.05, 3.63) is 59.7 Å². The second kappa shape index (κ2) is 9.97. The zero-order chi connectivity index (χ0) is 17.9. The number of nitrogens with one attached hydrogen (secondary N) is 1. The van der Waals surface area contributed by atoms with Crippen molar-refractivity contribution in [1.82, 2.24) is 5.43 Å². The first-order chi connectivity index (χ1) is 12.2. The molecule has 0 heterocycles. The maximum atomic E-state index is 10.6. The number of nitrogens with zero attached hydrogens (tertiary/aromatic N) is 1. The third kappa shape index (κ3) is 6.95. The van der Waals surface area contributed by atoms with E-state index in [4.69, 9.17) is 15.2 Å². The summed E-state index contributed by atoms with van der Waals surface area (Å²) in [5, 5.41) is 3.71. The average molecular weight is 341 g/mol. The number of carbonyl (C=O) groups excluding carboxylic acids is 1. The van der Waals surface area contributed by atoms with Crippen LogP contribution in [0.4, 0.5) is 4.79 Å². The number of nitrogens with two attached hydrogens (primary N) is 1. The number of benzene rings is 2. The Morgan fingerprint density at radius 3 is 2.52 bits per heavy atom. The molecule has 2 rings (SSSR count). The number of urea groups is 1. The van der Waals surface area contributed by atoms with Crippen LogP contribution < -0.4 is 20.6 Å². The van der Waals surface area contributed by atoms with Gasteiger partial charge in [0.25, 0.3) is 0 Å². The van der Waals surface area contributed by atoms with E-state index in [9.17, 15) is 4.79 Å². The lowest BCUT2D eigenvalue weighted by Crippen LogP contribution is -2.24. The molecule has 0 unspecified atom stereocenters. The van der Waals surface area contributed by atoms with Crippen molar-refractivity contribution >= 4 is 12.2 Å². The SMILES string of the molecule is CCc1ccc(OCCCOc2cccc(/C=N/NC(N)=O)c2)cc1. The van der Waals surface area contributed by atoms with Gasteiger partial charge in [-0.1, -0.05) is 31.2 Å². The molecule has 0 bridgehead atoms. The molecule has 0 atom stereocenters. The van der Waals surface area contributed by atoms with Gasteiger partial charge in [0.2, 0.25) is 0 Å². The highest BCUT2D eigenvalue weighted by Gasteiger charge is 1.98. The monoisotopic (exact) mass is 341 g/mol. The van der Waals surface area contributed by atoms with Crippen LogP contribution in [0, 0.1) is 0 Å². The summed E-state index contributed by atoms with van der Waals surface area (Å²) in [6.45, 7) is 3.27. The molecule has 2 aromatic carbocycles. The summed E-state index contributed by atoms with van der Waals surface area (Å²) in [7, 11) is 0. The van der Waals surface area contributed by atoms with E-state index in [1.54, 1.807) is 0 Å². The highest BCUT2D eigenvalue weighted by atomic mass is 16.5. The number of hydrogen-bond donors (Lipinski definition) is 2. The highest BCUT2D eigenvalue weighted by Crippen LogP contribution is 2.14. The predicted molar refractivity (Wildman–Crippen MR) is 98.2 cm³/mol. The predicted octanol–water partition coefficient (Wildman–Crippen LogP) is 3.10. The van der Waals surface area contributed by atoms with Gasteiger partial charge in [-0.15, -0.1) is 0 Å². The van der Waals surface area contributed by atoms with Gasteiger partial charge in [0, 0.05) is 6.42 Å². The van der Waals surface area contributed by atoms with E-state index in [-0.39, 0.29) is 0 Å². The number of rotatable bonds is 9. The molecule has 0 aliphatic heterocycles. The molecule has 0 aromatic heterocycles. The zero-order valence-corrected chi connectivity index (χ0v) is 14.3. The Balaban J connectivity index is 1.70. The molecule has 132 valence electrons. The Morgan fingerprint density at radius 2 is 1.84 bits per heavy atom. The first-order valence-corrected chi connectivity index (χ1v) is 8.20. The Morgan fingerprint density at radius 1 is 1.12 bits per heavy atom. The van der Waals surface area contributed by atoms with Crippen LogP contribution in [-0.4, -0.2) is 25.5 Å². The van der Waals surface area contributed by atoms with E-state index < -0.39 is 6.03 Å². The molecule has 0 spiro atoms. The lowest BCUT2D eigenvalue weighted by atomic mass is 10.2. The van der Waals surface area contributed by atoms with Crippen LogP contribution in [-0.2, 0) is 6.42 Å². The third-order valence-electron chi connectivity index (χ3n) is 3.40. The number of aryl methyl sites for hydroxylation is 1. The first-order valence-electron chi connectivity index (χ1n) is 8.20. The molecular weight excluding hydrogens is 318 g/mol. The molecule has 6 heteroatoms. The number of carbonyl (C=O) groups is 1. The van der Waals surface area contributed by atoms with Crippen molar-refractivity contribution < 1.29 is 14.3 Å². The van der Waals surface area contributed by atoms with Crippen LogP contribution in [0.15, 0.2) is 53.6 Å². The van der Waals surface area contributed by atoms with Gasteiger partial charge in [0.15, 0.2) is 0 Å². The summed E-state index contributed by atoms with van der Waals surface area (Å²) in [6.07, 6.45) is 3.30. The molecule has 0 fully saturated rings. The summed E-state index contributed by atoms with van der Waals surface area (Å²) < 4.78 is 11.4. The second-order valence-corrected chi connectivity index (χ2v) is 5.35. The van der Waals surface area contributed by atoms with Gasteiger partial charge in [-0.25, -0.2) is 10.2 Å². The number of ether oxygens (including phenoxy) is 2. The summed E-state index contributed by atoms with van der Waals surface area (Å²) >= 11 is 0. The van der Waals surface area contributed by atoms with Crippen LogP contribution in [0.2, 0.25) is 0 Å². The van der Waals surface area contributed by atoms with E-state index in [1.165, 1.54) is 11.8 Å². The Labute approximate surface area is 147 Å². The molecule has 3 N–H and O–H groups in total. The van der Waals surface area contributed by atoms with Crippen LogP contribution in [0.3, 0.4) is 0 Å². The van der Waals surface area contributed by atoms with Crippen LogP contribution >= 0.6 is 0 Å². The number of amides is 2. The van der Waals surface area contributed by atoms with Gasteiger partial charge >= 0.3 is 6.03 Å². The first kappa shape index (κ1) is 18.3. The molecule has 0 aliphatic rings. The molecule has 0 saturated heterocycles. The van der Waals surface area contributed by atoms with Gasteiger partial charge in [0.1, 0.15) is 11.5 Å². The van der Waals surface area contributed by atoms with Gasteiger partial charge in [-0.05, 0) is 41.8 Å². The Kier molecular flexibility index (Phi) is 7.31. The van der Waals surface area contributed by atoms with E-state index in [2.05, 4.69) is 29.6 Å². The third-order valence-corrected chi connectivity index (χ3v) is 3.40. The Hall–Kier alpha value is -3.02. The maximum absolute atomic E-state index is 10.6. The molecule has 0 aliphatic carbocycles. The van der Waals surface area contributed by atoms with E-state index >= 15 is 0 Å². The van der Waals surface area contributed by atoms with Crippen molar-refractivity contribution in [3.63, 3.8) is 0 Å². The summed E-state index contributed by atoms with van der Waals surface area (Å²) in [5.74, 6) is 1.60. The fourth-order valence-electron chi connectivity index (χ4n) is 2.12. The van der Waals surface area contributed by atoms with E-state index in [0.717, 1.165) is 29.9 Å². The fraction of sp³-hybridized carbons (Fsp3) is 0.263. The van der Waals surface area contributed by atoms with E-state index in [0.29, 0.717) is 13.2 Å². The van der Waals surface area contributed by atoms with Crippen molar-refractivity contribution in [1.29, 1.82) is 0 Å². The molecule has 2 aromatic rings. The lowest BCUT2D eigenvalue weighted by Gasteiger charge is -2.09. The van der Waals surface area contributed by atoms with Crippen molar-refractivity contribution in [2.75, 3.05) is 13.2 Å². The summed E-state index contributed by atoms with van der Waals surface area (Å²) in [6, 6.07) is 14.8. The summed E-state index contributed by atoms with van der Waals surface area (Å²) in [4.78, 5) is 10.6. The number of hydrogen-bond acceptors (Lipinski definition) is 4. The minimum atomic E-state index is -0.701. The van der Waals surface area contributed by atoms with Gasteiger partial charge in [-0.2, -0.15) is 5.10 Å². The summed E-state index contributed by atoms with van der Waals surface area (Å²) in [5.41, 5.74) is 9.18. The van der Waals surface area contributed by atoms with Crippen LogP contribution in [0.25, 0.3) is 0 Å².